The normalized spacial score (nSPS) is 20.2. The van der Waals surface area contributed by atoms with E-state index in [4.69, 9.17) is 9.72 Å². The summed E-state index contributed by atoms with van der Waals surface area (Å²) in [5.41, 5.74) is -0.104. The molecule has 0 aromatic carbocycles. The van der Waals surface area contributed by atoms with Gasteiger partial charge < -0.3 is 19.1 Å². The van der Waals surface area contributed by atoms with Gasteiger partial charge in [-0.05, 0) is 18.9 Å². The molecule has 138 valence electrons. The molecule has 2 fully saturated rings. The van der Waals surface area contributed by atoms with Crippen LogP contribution in [-0.2, 0) is 11.8 Å². The lowest BCUT2D eigenvalue weighted by Gasteiger charge is -2.35. The highest BCUT2D eigenvalue weighted by Crippen LogP contribution is 2.38. The van der Waals surface area contributed by atoms with Crippen molar-refractivity contribution < 1.29 is 4.74 Å². The average Bonchev–Trinajstić information content (AvgIpc) is 3.49. The van der Waals surface area contributed by atoms with Gasteiger partial charge in [-0.15, -0.1) is 0 Å². The maximum Gasteiger partial charge on any atom is 0.293 e. The third-order valence-corrected chi connectivity index (χ3v) is 4.90. The van der Waals surface area contributed by atoms with Gasteiger partial charge in [0.1, 0.15) is 11.6 Å². The van der Waals surface area contributed by atoms with E-state index >= 15 is 0 Å². The molecule has 2 aliphatic rings. The maximum absolute atomic E-state index is 12.2. The van der Waals surface area contributed by atoms with E-state index in [1.807, 2.05) is 24.2 Å². The Labute approximate surface area is 152 Å². The van der Waals surface area contributed by atoms with Crippen molar-refractivity contribution >= 4 is 11.6 Å². The third-order valence-electron chi connectivity index (χ3n) is 4.90. The molecule has 0 bridgehead atoms. The van der Waals surface area contributed by atoms with Crippen LogP contribution in [0.5, 0.6) is 0 Å². The summed E-state index contributed by atoms with van der Waals surface area (Å²) in [6.07, 6.45) is 7.52. The second-order valence-electron chi connectivity index (χ2n) is 7.03. The van der Waals surface area contributed by atoms with Crippen LogP contribution in [0.2, 0.25) is 0 Å². The van der Waals surface area contributed by atoms with Crippen molar-refractivity contribution in [2.24, 2.45) is 7.05 Å². The van der Waals surface area contributed by atoms with Gasteiger partial charge in [0.25, 0.3) is 5.56 Å². The minimum Gasteiger partial charge on any atom is -0.373 e. The highest BCUT2D eigenvalue weighted by atomic mass is 16.5. The molecule has 1 aliphatic heterocycles. The Kier molecular flexibility index (Phi) is 4.58. The highest BCUT2D eigenvalue weighted by molar-refractivity contribution is 5.40. The predicted molar refractivity (Wildman–Crippen MR) is 98.7 cm³/mol. The summed E-state index contributed by atoms with van der Waals surface area (Å²) < 4.78 is 7.45. The number of rotatable bonds is 5. The van der Waals surface area contributed by atoms with E-state index in [2.05, 4.69) is 14.9 Å². The monoisotopic (exact) mass is 356 g/mol. The molecule has 2 aromatic rings. The van der Waals surface area contributed by atoms with Crippen molar-refractivity contribution in [2.75, 3.05) is 43.1 Å². The fourth-order valence-electron chi connectivity index (χ4n) is 3.25. The first-order valence-electron chi connectivity index (χ1n) is 9.04. The zero-order valence-electron chi connectivity index (χ0n) is 15.2. The van der Waals surface area contributed by atoms with Crippen LogP contribution in [-0.4, -0.2) is 58.9 Å². The largest absolute Gasteiger partial charge is 0.373 e. The maximum atomic E-state index is 12.2. The Bertz CT molecular complexity index is 834. The van der Waals surface area contributed by atoms with Gasteiger partial charge in [-0.2, -0.15) is 0 Å². The fourth-order valence-corrected chi connectivity index (χ4v) is 3.25. The third kappa shape index (κ3) is 3.55. The van der Waals surface area contributed by atoms with Crippen molar-refractivity contribution in [3.63, 3.8) is 0 Å². The van der Waals surface area contributed by atoms with E-state index in [9.17, 15) is 4.79 Å². The molecular weight excluding hydrogens is 332 g/mol. The van der Waals surface area contributed by atoms with E-state index in [0.717, 1.165) is 24.7 Å². The van der Waals surface area contributed by atoms with Gasteiger partial charge in [0.05, 0.1) is 12.7 Å². The molecule has 26 heavy (non-hydrogen) atoms. The summed E-state index contributed by atoms with van der Waals surface area (Å²) in [6.45, 7) is 2.79. The van der Waals surface area contributed by atoms with E-state index in [1.165, 1.54) is 17.4 Å². The van der Waals surface area contributed by atoms with Gasteiger partial charge in [0.15, 0.2) is 5.82 Å². The van der Waals surface area contributed by atoms with Gasteiger partial charge in [0, 0.05) is 58.2 Å². The van der Waals surface area contributed by atoms with Crippen molar-refractivity contribution in [3.05, 3.63) is 40.8 Å². The molecule has 1 saturated heterocycles. The SMILES string of the molecule is CN(C[C@H]1CN(c2ccnc(C3CC3)n2)CCO1)c1nccn(C)c1=O. The number of hydrogen-bond donors (Lipinski definition) is 0. The Hall–Kier alpha value is -2.48. The van der Waals surface area contributed by atoms with Crippen LogP contribution in [0.15, 0.2) is 29.5 Å². The molecule has 1 saturated carbocycles. The van der Waals surface area contributed by atoms with E-state index in [0.29, 0.717) is 24.9 Å². The van der Waals surface area contributed by atoms with Gasteiger partial charge in [0.2, 0.25) is 0 Å². The molecular formula is C18H24N6O2. The molecule has 0 spiro atoms. The first kappa shape index (κ1) is 17.0. The summed E-state index contributed by atoms with van der Waals surface area (Å²) in [7, 11) is 3.61. The van der Waals surface area contributed by atoms with Gasteiger partial charge in [-0.25, -0.2) is 15.0 Å². The van der Waals surface area contributed by atoms with Crippen LogP contribution in [0.4, 0.5) is 11.6 Å². The topological polar surface area (TPSA) is 76.4 Å². The zero-order valence-corrected chi connectivity index (χ0v) is 15.2. The molecule has 0 radical (unpaired) electrons. The van der Waals surface area contributed by atoms with Crippen LogP contribution in [0, 0.1) is 0 Å². The van der Waals surface area contributed by atoms with Gasteiger partial charge in [-0.3, -0.25) is 4.79 Å². The Morgan fingerprint density at radius 2 is 2.15 bits per heavy atom. The number of anilines is 2. The Balaban J connectivity index is 1.44. The molecule has 4 rings (SSSR count). The molecule has 2 aromatic heterocycles. The fraction of sp³-hybridized carbons (Fsp3) is 0.556. The van der Waals surface area contributed by atoms with Crippen molar-refractivity contribution in [1.29, 1.82) is 0 Å². The average molecular weight is 356 g/mol. The van der Waals surface area contributed by atoms with Crippen molar-refractivity contribution in [3.8, 4) is 0 Å². The minimum atomic E-state index is -0.104. The number of nitrogens with zero attached hydrogens (tertiary/aromatic N) is 6. The summed E-state index contributed by atoms with van der Waals surface area (Å²) >= 11 is 0. The molecule has 0 N–H and O–H groups in total. The highest BCUT2D eigenvalue weighted by Gasteiger charge is 2.28. The lowest BCUT2D eigenvalue weighted by atomic mass is 10.2. The van der Waals surface area contributed by atoms with Gasteiger partial charge in [-0.1, -0.05) is 0 Å². The molecule has 3 heterocycles. The van der Waals surface area contributed by atoms with E-state index < -0.39 is 0 Å². The van der Waals surface area contributed by atoms with E-state index in [1.54, 1.807) is 19.4 Å². The zero-order chi connectivity index (χ0) is 18.1. The molecule has 8 heteroatoms. The number of aryl methyl sites for hydroxylation is 1. The number of morpholine rings is 1. The molecule has 1 aliphatic carbocycles. The second kappa shape index (κ2) is 7.03. The Morgan fingerprint density at radius 1 is 1.31 bits per heavy atom. The van der Waals surface area contributed by atoms with Crippen LogP contribution in [0.1, 0.15) is 24.6 Å². The number of hydrogen-bond acceptors (Lipinski definition) is 7. The standard InChI is InChI=1S/C18H24N6O2/c1-22-8-7-20-17(18(22)25)23(2)11-14-12-24(9-10-26-14)15-5-6-19-16(21-15)13-3-4-13/h5-8,13-14H,3-4,9-12H2,1-2H3/t14-/m0/s1. The van der Waals surface area contributed by atoms with Crippen molar-refractivity contribution in [1.82, 2.24) is 19.5 Å². The predicted octanol–water partition coefficient (Wildman–Crippen LogP) is 0.789. The summed E-state index contributed by atoms with van der Waals surface area (Å²) in [4.78, 5) is 29.7. The van der Waals surface area contributed by atoms with Gasteiger partial charge >= 0.3 is 0 Å². The molecule has 0 unspecified atom stereocenters. The summed E-state index contributed by atoms with van der Waals surface area (Å²) in [5.74, 6) is 2.90. The van der Waals surface area contributed by atoms with Crippen LogP contribution >= 0.6 is 0 Å². The number of aromatic nitrogens is 4. The van der Waals surface area contributed by atoms with Crippen LogP contribution in [0.25, 0.3) is 0 Å². The lowest BCUT2D eigenvalue weighted by molar-refractivity contribution is 0.0455. The first-order valence-corrected chi connectivity index (χ1v) is 9.04. The molecule has 0 amide bonds. The summed E-state index contributed by atoms with van der Waals surface area (Å²) in [6, 6.07) is 1.96. The number of likely N-dealkylation sites (N-methyl/N-ethyl adjacent to an activating group) is 1. The van der Waals surface area contributed by atoms with Crippen LogP contribution in [0.3, 0.4) is 0 Å². The van der Waals surface area contributed by atoms with Crippen molar-refractivity contribution in [2.45, 2.75) is 24.9 Å². The van der Waals surface area contributed by atoms with Crippen LogP contribution < -0.4 is 15.4 Å². The lowest BCUT2D eigenvalue weighted by Crippen LogP contribution is -2.48. The second-order valence-corrected chi connectivity index (χ2v) is 7.03. The molecule has 1 atom stereocenters. The smallest absolute Gasteiger partial charge is 0.293 e. The first-order chi connectivity index (χ1) is 12.6. The summed E-state index contributed by atoms with van der Waals surface area (Å²) in [5, 5.41) is 0. The minimum absolute atomic E-state index is 0.0141. The molecule has 8 nitrogen and oxygen atoms in total. The Morgan fingerprint density at radius 3 is 2.96 bits per heavy atom. The van der Waals surface area contributed by atoms with E-state index in [-0.39, 0.29) is 11.7 Å². The number of ether oxygens (including phenoxy) is 1. The quantitative estimate of drug-likeness (QED) is 0.784.